The highest BCUT2D eigenvalue weighted by Crippen LogP contribution is 2.32. The number of carbonyl (C=O) groups excluding carboxylic acids is 1. The van der Waals surface area contributed by atoms with Crippen molar-refractivity contribution in [1.29, 1.82) is 0 Å². The Bertz CT molecular complexity index is 724. The second-order valence-corrected chi connectivity index (χ2v) is 6.87. The van der Waals surface area contributed by atoms with Gasteiger partial charge in [0.25, 0.3) is 0 Å². The zero-order valence-corrected chi connectivity index (χ0v) is 14.9. The number of imidazole rings is 1. The van der Waals surface area contributed by atoms with E-state index in [9.17, 15) is 9.90 Å². The monoisotopic (exact) mass is 342 g/mol. The molecule has 3 rings (SSSR count). The molecule has 1 atom stereocenters. The molecule has 6 nitrogen and oxygen atoms in total. The highest BCUT2D eigenvalue weighted by molar-refractivity contribution is 5.73. The summed E-state index contributed by atoms with van der Waals surface area (Å²) in [6, 6.07) is 8.02. The van der Waals surface area contributed by atoms with Crippen LogP contribution in [-0.2, 0) is 13.1 Å². The number of nitrogens with one attached hydrogen (secondary N) is 1. The number of aryl methyl sites for hydroxylation is 1. The van der Waals surface area contributed by atoms with Gasteiger partial charge in [0.2, 0.25) is 0 Å². The number of hydrogen-bond acceptors (Lipinski definition) is 3. The molecule has 1 fully saturated rings. The smallest absolute Gasteiger partial charge is 0.317 e. The van der Waals surface area contributed by atoms with Crippen LogP contribution in [-0.4, -0.2) is 45.3 Å². The zero-order valence-electron chi connectivity index (χ0n) is 14.9. The van der Waals surface area contributed by atoms with Crippen molar-refractivity contribution < 1.29 is 9.90 Å². The third-order valence-electron chi connectivity index (χ3n) is 4.69. The molecule has 0 spiro atoms. The van der Waals surface area contributed by atoms with E-state index in [0.717, 1.165) is 30.8 Å². The van der Waals surface area contributed by atoms with E-state index in [2.05, 4.69) is 27.0 Å². The number of urea groups is 1. The van der Waals surface area contributed by atoms with Gasteiger partial charge >= 0.3 is 6.03 Å². The van der Waals surface area contributed by atoms with Crippen molar-refractivity contribution in [1.82, 2.24) is 19.8 Å². The number of aliphatic hydroxyl groups excluding tert-OH is 1. The van der Waals surface area contributed by atoms with Crippen molar-refractivity contribution in [3.05, 3.63) is 53.6 Å². The molecule has 6 heteroatoms. The maximum absolute atomic E-state index is 12.2. The number of benzene rings is 1. The second-order valence-electron chi connectivity index (χ2n) is 6.87. The summed E-state index contributed by atoms with van der Waals surface area (Å²) >= 11 is 0. The number of carbonyl (C=O) groups is 1. The molecule has 1 saturated carbocycles. The molecule has 1 aliphatic carbocycles. The average Bonchev–Trinajstić information content (AvgIpc) is 3.38. The largest absolute Gasteiger partial charge is 0.391 e. The first-order valence-corrected chi connectivity index (χ1v) is 8.75. The van der Waals surface area contributed by atoms with Gasteiger partial charge < -0.3 is 19.9 Å². The summed E-state index contributed by atoms with van der Waals surface area (Å²) in [5.74, 6) is 1.35. The van der Waals surface area contributed by atoms with Crippen LogP contribution < -0.4 is 5.32 Å². The fraction of sp³-hybridized carbons (Fsp3) is 0.474. The van der Waals surface area contributed by atoms with E-state index in [4.69, 9.17) is 0 Å². The molecule has 1 aromatic heterocycles. The Labute approximate surface area is 148 Å². The molecule has 134 valence electrons. The average molecular weight is 342 g/mol. The number of aliphatic hydroxyl groups is 1. The molecule has 1 aliphatic rings. The Hall–Kier alpha value is -2.34. The topological polar surface area (TPSA) is 70.4 Å². The molecule has 25 heavy (non-hydrogen) atoms. The van der Waals surface area contributed by atoms with E-state index >= 15 is 0 Å². The van der Waals surface area contributed by atoms with Crippen molar-refractivity contribution in [3.8, 4) is 0 Å². The molecule has 2 aromatic rings. The van der Waals surface area contributed by atoms with Gasteiger partial charge in [0.05, 0.1) is 6.10 Å². The van der Waals surface area contributed by atoms with Crippen LogP contribution in [0.15, 0.2) is 36.7 Å². The van der Waals surface area contributed by atoms with Gasteiger partial charge in [0.1, 0.15) is 5.82 Å². The summed E-state index contributed by atoms with van der Waals surface area (Å²) in [7, 11) is 1.72. The molecule has 1 unspecified atom stereocenters. The zero-order chi connectivity index (χ0) is 17.8. The van der Waals surface area contributed by atoms with E-state index in [-0.39, 0.29) is 6.03 Å². The highest BCUT2D eigenvalue weighted by Gasteiger charge is 2.31. The maximum Gasteiger partial charge on any atom is 0.317 e. The number of aromatic nitrogens is 2. The van der Waals surface area contributed by atoms with Crippen LogP contribution >= 0.6 is 0 Å². The third kappa shape index (κ3) is 4.82. The third-order valence-corrected chi connectivity index (χ3v) is 4.69. The molecule has 1 heterocycles. The first kappa shape index (κ1) is 17.5. The van der Waals surface area contributed by atoms with Crippen LogP contribution in [0.4, 0.5) is 4.79 Å². The van der Waals surface area contributed by atoms with Gasteiger partial charge in [-0.2, -0.15) is 0 Å². The first-order chi connectivity index (χ1) is 12.0. The number of amides is 2. The molecule has 0 aliphatic heterocycles. The second kappa shape index (κ2) is 7.70. The SMILES string of the molecule is Cc1nccn1Cc1cccc(CNC(=O)N(C)CC(O)C2CC2)c1. The Morgan fingerprint density at radius 3 is 2.88 bits per heavy atom. The van der Waals surface area contributed by atoms with Gasteiger partial charge in [0, 0.05) is 39.1 Å². The fourth-order valence-electron chi connectivity index (χ4n) is 2.91. The quantitative estimate of drug-likeness (QED) is 0.810. The van der Waals surface area contributed by atoms with Crippen LogP contribution in [0, 0.1) is 12.8 Å². The molecule has 0 bridgehead atoms. The number of likely N-dealkylation sites (N-methyl/N-ethyl adjacent to an activating group) is 1. The van der Waals surface area contributed by atoms with Crippen LogP contribution in [0.1, 0.15) is 29.8 Å². The predicted octanol–water partition coefficient (Wildman–Crippen LogP) is 2.15. The van der Waals surface area contributed by atoms with Crippen molar-refractivity contribution >= 4 is 6.03 Å². The summed E-state index contributed by atoms with van der Waals surface area (Å²) < 4.78 is 2.09. The predicted molar refractivity (Wildman–Crippen MR) is 96.1 cm³/mol. The molecule has 1 aromatic carbocycles. The van der Waals surface area contributed by atoms with Gasteiger partial charge in [-0.3, -0.25) is 0 Å². The molecule has 0 radical (unpaired) electrons. The lowest BCUT2D eigenvalue weighted by atomic mass is 10.1. The lowest BCUT2D eigenvalue weighted by Gasteiger charge is -2.21. The van der Waals surface area contributed by atoms with E-state index in [1.54, 1.807) is 18.1 Å². The standard InChI is InChI=1S/C19H26N4O2/c1-14-20-8-9-23(14)12-16-5-3-4-15(10-16)11-21-19(25)22(2)13-18(24)17-6-7-17/h3-5,8-10,17-18,24H,6-7,11-13H2,1-2H3,(H,21,25). The molecule has 0 saturated heterocycles. The Morgan fingerprint density at radius 2 is 2.20 bits per heavy atom. The molecular formula is C19H26N4O2. The minimum atomic E-state index is -0.405. The minimum Gasteiger partial charge on any atom is -0.391 e. The summed E-state index contributed by atoms with van der Waals surface area (Å²) in [5, 5.41) is 12.9. The summed E-state index contributed by atoms with van der Waals surface area (Å²) in [6.07, 6.45) is 5.49. The first-order valence-electron chi connectivity index (χ1n) is 8.75. The Morgan fingerprint density at radius 1 is 1.44 bits per heavy atom. The summed E-state index contributed by atoms with van der Waals surface area (Å²) in [4.78, 5) is 18.0. The highest BCUT2D eigenvalue weighted by atomic mass is 16.3. The van der Waals surface area contributed by atoms with Crippen molar-refractivity contribution in [3.63, 3.8) is 0 Å². The number of nitrogens with zero attached hydrogens (tertiary/aromatic N) is 3. The molecule has 2 amide bonds. The molecule has 2 N–H and O–H groups in total. The van der Waals surface area contributed by atoms with Gasteiger partial charge in [-0.1, -0.05) is 24.3 Å². The van der Waals surface area contributed by atoms with Crippen LogP contribution in [0.2, 0.25) is 0 Å². The van der Waals surface area contributed by atoms with Crippen LogP contribution in [0.3, 0.4) is 0 Å². The van der Waals surface area contributed by atoms with Gasteiger partial charge in [-0.05, 0) is 36.8 Å². The van der Waals surface area contributed by atoms with E-state index < -0.39 is 6.10 Å². The summed E-state index contributed by atoms with van der Waals surface area (Å²) in [5.41, 5.74) is 2.23. The van der Waals surface area contributed by atoms with Crippen LogP contribution in [0.25, 0.3) is 0 Å². The van der Waals surface area contributed by atoms with Crippen molar-refractivity contribution in [2.45, 2.75) is 39.0 Å². The normalized spacial score (nSPS) is 15.0. The lowest BCUT2D eigenvalue weighted by Crippen LogP contribution is -2.41. The Balaban J connectivity index is 1.51. The van der Waals surface area contributed by atoms with Gasteiger partial charge in [-0.25, -0.2) is 9.78 Å². The van der Waals surface area contributed by atoms with E-state index in [1.807, 2.05) is 25.3 Å². The Kier molecular flexibility index (Phi) is 5.38. The summed E-state index contributed by atoms with van der Waals surface area (Å²) in [6.45, 7) is 3.60. The lowest BCUT2D eigenvalue weighted by molar-refractivity contribution is 0.113. The van der Waals surface area contributed by atoms with E-state index in [1.165, 1.54) is 5.56 Å². The van der Waals surface area contributed by atoms with Crippen LogP contribution in [0.5, 0.6) is 0 Å². The fourth-order valence-corrected chi connectivity index (χ4v) is 2.91. The van der Waals surface area contributed by atoms with Gasteiger partial charge in [0.15, 0.2) is 0 Å². The molecular weight excluding hydrogens is 316 g/mol. The number of hydrogen-bond donors (Lipinski definition) is 2. The minimum absolute atomic E-state index is 0.157. The van der Waals surface area contributed by atoms with Crippen molar-refractivity contribution in [2.75, 3.05) is 13.6 Å². The van der Waals surface area contributed by atoms with Gasteiger partial charge in [-0.15, -0.1) is 0 Å². The van der Waals surface area contributed by atoms with E-state index in [0.29, 0.717) is 19.0 Å². The van der Waals surface area contributed by atoms with Crippen molar-refractivity contribution in [2.24, 2.45) is 5.92 Å². The number of rotatable bonds is 7. The maximum atomic E-state index is 12.2.